The van der Waals surface area contributed by atoms with Gasteiger partial charge in [0.2, 0.25) is 0 Å². The van der Waals surface area contributed by atoms with Crippen LogP contribution in [0.15, 0.2) is 24.3 Å². The number of unbranched alkanes of at least 4 members (excludes halogenated alkanes) is 1. The van der Waals surface area contributed by atoms with Crippen LogP contribution in [-0.4, -0.2) is 31.1 Å². The number of hydrogen-bond acceptors (Lipinski definition) is 4. The van der Waals surface area contributed by atoms with Gasteiger partial charge in [0.25, 0.3) is 5.91 Å². The summed E-state index contributed by atoms with van der Waals surface area (Å²) < 4.78 is 10.7. The monoisotopic (exact) mass is 347 g/mol. The van der Waals surface area contributed by atoms with Gasteiger partial charge in [-0.1, -0.05) is 33.1 Å². The van der Waals surface area contributed by atoms with E-state index in [1.165, 1.54) is 6.42 Å². The molecule has 0 bridgehead atoms. The van der Waals surface area contributed by atoms with Crippen molar-refractivity contribution in [3.05, 3.63) is 29.8 Å². The van der Waals surface area contributed by atoms with Gasteiger partial charge >= 0.3 is 5.97 Å². The Bertz CT molecular complexity index is 555. The summed E-state index contributed by atoms with van der Waals surface area (Å²) >= 11 is 0. The van der Waals surface area contributed by atoms with E-state index in [2.05, 4.69) is 19.2 Å². The number of rotatable bonds is 8. The molecule has 0 aromatic heterocycles. The Kier molecular flexibility index (Phi) is 7.76. The first-order valence-corrected chi connectivity index (χ1v) is 9.29. The van der Waals surface area contributed by atoms with Gasteiger partial charge in [-0.3, -0.25) is 4.79 Å². The molecule has 0 aliphatic heterocycles. The molecule has 0 unspecified atom stereocenters. The van der Waals surface area contributed by atoms with Crippen LogP contribution in [0.2, 0.25) is 0 Å². The molecule has 138 valence electrons. The average molecular weight is 347 g/mol. The minimum Gasteiger partial charge on any atom is -0.494 e. The van der Waals surface area contributed by atoms with Crippen LogP contribution in [0.4, 0.5) is 0 Å². The summed E-state index contributed by atoms with van der Waals surface area (Å²) in [6.07, 6.45) is 6.57. The molecular formula is C20H29NO4. The van der Waals surface area contributed by atoms with E-state index in [1.807, 2.05) is 0 Å². The fourth-order valence-corrected chi connectivity index (χ4v) is 3.02. The van der Waals surface area contributed by atoms with E-state index in [0.29, 0.717) is 18.1 Å². The topological polar surface area (TPSA) is 64.6 Å². The predicted molar refractivity (Wildman–Crippen MR) is 96.7 cm³/mol. The van der Waals surface area contributed by atoms with Gasteiger partial charge in [-0.2, -0.15) is 0 Å². The van der Waals surface area contributed by atoms with Crippen LogP contribution in [0.1, 0.15) is 62.7 Å². The maximum absolute atomic E-state index is 12.0. The van der Waals surface area contributed by atoms with Crippen molar-refractivity contribution in [1.82, 2.24) is 5.32 Å². The van der Waals surface area contributed by atoms with E-state index in [0.717, 1.165) is 37.9 Å². The molecule has 2 atom stereocenters. The quantitative estimate of drug-likeness (QED) is 0.575. The molecule has 0 saturated heterocycles. The van der Waals surface area contributed by atoms with Crippen molar-refractivity contribution in [2.24, 2.45) is 5.92 Å². The first-order chi connectivity index (χ1) is 12.1. The van der Waals surface area contributed by atoms with Gasteiger partial charge in [-0.15, -0.1) is 0 Å². The molecule has 1 N–H and O–H groups in total. The number of esters is 1. The average Bonchev–Trinajstić information content (AvgIpc) is 2.62. The molecule has 1 amide bonds. The first-order valence-electron chi connectivity index (χ1n) is 9.29. The molecule has 1 aliphatic rings. The number of hydrogen-bond donors (Lipinski definition) is 1. The second-order valence-corrected chi connectivity index (χ2v) is 6.74. The Morgan fingerprint density at radius 2 is 1.88 bits per heavy atom. The first kappa shape index (κ1) is 19.3. The summed E-state index contributed by atoms with van der Waals surface area (Å²) in [5.41, 5.74) is 0.418. The van der Waals surface area contributed by atoms with Crippen molar-refractivity contribution in [2.75, 3.05) is 13.2 Å². The Hall–Kier alpha value is -2.04. The molecule has 5 nitrogen and oxygen atoms in total. The lowest BCUT2D eigenvalue weighted by atomic mass is 9.86. The van der Waals surface area contributed by atoms with Gasteiger partial charge in [-0.05, 0) is 49.4 Å². The molecule has 25 heavy (non-hydrogen) atoms. The molecule has 1 aliphatic carbocycles. The van der Waals surface area contributed by atoms with E-state index in [4.69, 9.17) is 9.47 Å². The van der Waals surface area contributed by atoms with Crippen molar-refractivity contribution < 1.29 is 19.1 Å². The van der Waals surface area contributed by atoms with E-state index >= 15 is 0 Å². The van der Waals surface area contributed by atoms with Gasteiger partial charge < -0.3 is 14.8 Å². The third-order valence-corrected chi connectivity index (χ3v) is 4.65. The maximum atomic E-state index is 12.0. The number of carbonyl (C=O) groups excluding carboxylic acids is 2. The fourth-order valence-electron chi connectivity index (χ4n) is 3.02. The maximum Gasteiger partial charge on any atom is 0.338 e. The van der Waals surface area contributed by atoms with Crippen molar-refractivity contribution in [3.63, 3.8) is 0 Å². The summed E-state index contributed by atoms with van der Waals surface area (Å²) in [7, 11) is 0. The van der Waals surface area contributed by atoms with Crippen LogP contribution in [0.5, 0.6) is 5.75 Å². The zero-order chi connectivity index (χ0) is 18.1. The van der Waals surface area contributed by atoms with Crippen molar-refractivity contribution >= 4 is 11.9 Å². The van der Waals surface area contributed by atoms with E-state index in [9.17, 15) is 9.59 Å². The van der Waals surface area contributed by atoms with Crippen LogP contribution in [-0.2, 0) is 9.53 Å². The third kappa shape index (κ3) is 6.40. The van der Waals surface area contributed by atoms with Gasteiger partial charge in [0.1, 0.15) is 5.75 Å². The number of ether oxygens (including phenoxy) is 2. The van der Waals surface area contributed by atoms with Gasteiger partial charge in [-0.25, -0.2) is 4.79 Å². The number of carbonyl (C=O) groups is 2. The molecule has 1 aromatic carbocycles. The Morgan fingerprint density at radius 1 is 1.16 bits per heavy atom. The van der Waals surface area contributed by atoms with Crippen molar-refractivity contribution in [1.29, 1.82) is 0 Å². The highest BCUT2D eigenvalue weighted by atomic mass is 16.5. The van der Waals surface area contributed by atoms with Crippen LogP contribution in [0, 0.1) is 5.92 Å². The lowest BCUT2D eigenvalue weighted by Crippen LogP contribution is -2.42. The van der Waals surface area contributed by atoms with Gasteiger partial charge in [0, 0.05) is 6.04 Å². The molecule has 0 spiro atoms. The molecule has 0 heterocycles. The van der Waals surface area contributed by atoms with Crippen LogP contribution >= 0.6 is 0 Å². The molecule has 2 rings (SSSR count). The Labute approximate surface area is 150 Å². The van der Waals surface area contributed by atoms with Crippen LogP contribution in [0.25, 0.3) is 0 Å². The zero-order valence-corrected chi connectivity index (χ0v) is 15.3. The molecule has 1 saturated carbocycles. The molecule has 1 fully saturated rings. The summed E-state index contributed by atoms with van der Waals surface area (Å²) in [4.78, 5) is 24.0. The number of amides is 1. The highest BCUT2D eigenvalue weighted by Crippen LogP contribution is 2.23. The third-order valence-electron chi connectivity index (χ3n) is 4.65. The summed E-state index contributed by atoms with van der Waals surface area (Å²) in [6, 6.07) is 7.00. The largest absolute Gasteiger partial charge is 0.494 e. The van der Waals surface area contributed by atoms with Crippen LogP contribution < -0.4 is 10.1 Å². The lowest BCUT2D eigenvalue weighted by Gasteiger charge is -2.29. The van der Waals surface area contributed by atoms with Crippen LogP contribution in [0.3, 0.4) is 0 Å². The Morgan fingerprint density at radius 3 is 2.56 bits per heavy atom. The number of nitrogens with one attached hydrogen (secondary N) is 1. The second-order valence-electron chi connectivity index (χ2n) is 6.74. The van der Waals surface area contributed by atoms with Gasteiger partial charge in [0.15, 0.2) is 6.61 Å². The molecule has 5 heteroatoms. The summed E-state index contributed by atoms with van der Waals surface area (Å²) in [5, 5.41) is 2.98. The standard InChI is InChI=1S/C20H29NO4/c1-3-4-13-24-17-11-9-16(10-12-17)20(23)25-14-19(22)21-18-8-6-5-7-15(18)2/h9-12,15,18H,3-8,13-14H2,1-2H3,(H,21,22)/t15-,18-/m0/s1. The predicted octanol–water partition coefficient (Wildman–Crippen LogP) is 3.72. The fraction of sp³-hybridized carbons (Fsp3) is 0.600. The van der Waals surface area contributed by atoms with Crippen molar-refractivity contribution in [2.45, 2.75) is 58.4 Å². The molecule has 0 radical (unpaired) electrons. The van der Waals surface area contributed by atoms with E-state index in [1.54, 1.807) is 24.3 Å². The minimum atomic E-state index is -0.494. The SMILES string of the molecule is CCCCOc1ccc(C(=O)OCC(=O)N[C@H]2CCCC[C@@H]2C)cc1. The highest BCUT2D eigenvalue weighted by Gasteiger charge is 2.23. The van der Waals surface area contributed by atoms with E-state index in [-0.39, 0.29) is 18.6 Å². The van der Waals surface area contributed by atoms with Gasteiger partial charge in [0.05, 0.1) is 12.2 Å². The second kappa shape index (κ2) is 10.1. The summed E-state index contributed by atoms with van der Waals surface area (Å²) in [5.74, 6) is 0.487. The lowest BCUT2D eigenvalue weighted by molar-refractivity contribution is -0.125. The molecular weight excluding hydrogens is 318 g/mol. The van der Waals surface area contributed by atoms with E-state index < -0.39 is 5.97 Å². The van der Waals surface area contributed by atoms with Crippen molar-refractivity contribution in [3.8, 4) is 5.75 Å². The highest BCUT2D eigenvalue weighted by molar-refractivity contribution is 5.91. The summed E-state index contributed by atoms with van der Waals surface area (Å²) in [6.45, 7) is 4.69. The zero-order valence-electron chi connectivity index (χ0n) is 15.3. The Balaban J connectivity index is 1.74. The molecule has 1 aromatic rings. The minimum absolute atomic E-state index is 0.194. The normalized spacial score (nSPS) is 19.9. The smallest absolute Gasteiger partial charge is 0.338 e. The number of benzene rings is 1.